The Hall–Kier alpha value is -0.0400. The minimum Gasteiger partial charge on any atom is -0.297 e. The van der Waals surface area contributed by atoms with Gasteiger partial charge in [0, 0.05) is 12.1 Å². The first-order chi connectivity index (χ1) is 3.48. The fourth-order valence-electron chi connectivity index (χ4n) is 0.387. The van der Waals surface area contributed by atoms with Crippen LogP contribution in [0.15, 0.2) is 0 Å². The summed E-state index contributed by atoms with van der Waals surface area (Å²) in [5, 5.41) is 0. The summed E-state index contributed by atoms with van der Waals surface area (Å²) in [5.41, 5.74) is 0.286. The molecule has 1 radical (unpaired) electrons. The molecule has 0 spiro atoms. The Morgan fingerprint density at radius 3 is 1.62 bits per heavy atom. The van der Waals surface area contributed by atoms with Crippen molar-refractivity contribution in [1.82, 2.24) is 4.90 Å². The standard InChI is InChI=1S/C7H16N/c1-6-8(5)7(2,3)4/h6H,1-5H3. The van der Waals surface area contributed by atoms with Crippen molar-refractivity contribution in [3.8, 4) is 0 Å². The smallest absolute Gasteiger partial charge is 0.0222 e. The van der Waals surface area contributed by atoms with E-state index in [2.05, 4.69) is 39.3 Å². The third-order valence-electron chi connectivity index (χ3n) is 1.45. The molecule has 0 atom stereocenters. The number of nitrogens with zero attached hydrogens (tertiary/aromatic N) is 1. The average Bonchev–Trinajstić information content (AvgIpc) is 1.62. The molecule has 0 heterocycles. The minimum absolute atomic E-state index is 0.286. The van der Waals surface area contributed by atoms with Crippen LogP contribution in [0.5, 0.6) is 0 Å². The van der Waals surface area contributed by atoms with Gasteiger partial charge in [0.15, 0.2) is 0 Å². The van der Waals surface area contributed by atoms with Gasteiger partial charge in [0.2, 0.25) is 0 Å². The lowest BCUT2D eigenvalue weighted by molar-refractivity contribution is 0.222. The molecule has 49 valence electrons. The molecule has 1 heteroatoms. The normalized spacial score (nSPS) is 12.8. The molecule has 0 aromatic carbocycles. The monoisotopic (exact) mass is 114 g/mol. The van der Waals surface area contributed by atoms with E-state index in [0.29, 0.717) is 0 Å². The Balaban J connectivity index is 3.62. The highest BCUT2D eigenvalue weighted by atomic mass is 15.1. The van der Waals surface area contributed by atoms with Crippen molar-refractivity contribution < 1.29 is 0 Å². The van der Waals surface area contributed by atoms with Crippen LogP contribution in [0.1, 0.15) is 27.7 Å². The molecular formula is C7H16N. The number of hydrogen-bond donors (Lipinski definition) is 0. The van der Waals surface area contributed by atoms with Crippen molar-refractivity contribution in [3.63, 3.8) is 0 Å². The molecule has 0 saturated heterocycles. The van der Waals surface area contributed by atoms with Gasteiger partial charge in [-0.15, -0.1) is 0 Å². The molecule has 0 aromatic heterocycles. The van der Waals surface area contributed by atoms with Crippen molar-refractivity contribution >= 4 is 0 Å². The predicted octanol–water partition coefficient (Wildman–Crippen LogP) is 1.90. The van der Waals surface area contributed by atoms with Crippen LogP contribution in [-0.2, 0) is 0 Å². The lowest BCUT2D eigenvalue weighted by Gasteiger charge is -2.29. The highest BCUT2D eigenvalue weighted by molar-refractivity contribution is 4.75. The minimum atomic E-state index is 0.286. The first-order valence-electron chi connectivity index (χ1n) is 3.01. The third-order valence-corrected chi connectivity index (χ3v) is 1.45. The van der Waals surface area contributed by atoms with Crippen LogP contribution in [0.2, 0.25) is 0 Å². The Morgan fingerprint density at radius 2 is 1.62 bits per heavy atom. The van der Waals surface area contributed by atoms with Gasteiger partial charge in [-0.2, -0.15) is 0 Å². The van der Waals surface area contributed by atoms with E-state index in [1.165, 1.54) is 0 Å². The van der Waals surface area contributed by atoms with Crippen molar-refractivity contribution in [2.75, 3.05) is 7.05 Å². The van der Waals surface area contributed by atoms with Gasteiger partial charge in [0.05, 0.1) is 0 Å². The van der Waals surface area contributed by atoms with Gasteiger partial charge >= 0.3 is 0 Å². The van der Waals surface area contributed by atoms with Gasteiger partial charge in [-0.05, 0) is 34.7 Å². The van der Waals surface area contributed by atoms with Crippen LogP contribution in [-0.4, -0.2) is 17.5 Å². The summed E-state index contributed by atoms with van der Waals surface area (Å²) >= 11 is 0. The van der Waals surface area contributed by atoms with Crippen LogP contribution in [0.4, 0.5) is 0 Å². The number of rotatable bonds is 1. The van der Waals surface area contributed by atoms with E-state index in [-0.39, 0.29) is 5.54 Å². The zero-order chi connectivity index (χ0) is 6.78. The molecule has 0 N–H and O–H groups in total. The first-order valence-corrected chi connectivity index (χ1v) is 3.01. The van der Waals surface area contributed by atoms with E-state index < -0.39 is 0 Å². The van der Waals surface area contributed by atoms with Gasteiger partial charge < -0.3 is 0 Å². The molecule has 0 rings (SSSR count). The second-order valence-corrected chi connectivity index (χ2v) is 3.04. The summed E-state index contributed by atoms with van der Waals surface area (Å²) in [7, 11) is 2.08. The van der Waals surface area contributed by atoms with Gasteiger partial charge in [-0.3, -0.25) is 4.90 Å². The molecule has 0 unspecified atom stereocenters. The van der Waals surface area contributed by atoms with Crippen LogP contribution in [0.3, 0.4) is 0 Å². The fraction of sp³-hybridized carbons (Fsp3) is 0.857. The fourth-order valence-corrected chi connectivity index (χ4v) is 0.387. The number of hydrogen-bond acceptors (Lipinski definition) is 1. The van der Waals surface area contributed by atoms with Gasteiger partial charge in [0.1, 0.15) is 0 Å². The summed E-state index contributed by atoms with van der Waals surface area (Å²) in [6.45, 7) is 10.7. The zero-order valence-electron chi connectivity index (χ0n) is 6.52. The quantitative estimate of drug-likeness (QED) is 0.503. The van der Waals surface area contributed by atoms with E-state index in [4.69, 9.17) is 0 Å². The third kappa shape index (κ3) is 2.31. The first kappa shape index (κ1) is 7.96. The van der Waals surface area contributed by atoms with Gasteiger partial charge in [0.25, 0.3) is 0 Å². The molecule has 1 nitrogen and oxygen atoms in total. The van der Waals surface area contributed by atoms with Crippen molar-refractivity contribution in [2.24, 2.45) is 0 Å². The van der Waals surface area contributed by atoms with E-state index in [0.717, 1.165) is 0 Å². The Morgan fingerprint density at radius 1 is 1.25 bits per heavy atom. The molecule has 0 fully saturated rings. The zero-order valence-corrected chi connectivity index (χ0v) is 6.52. The molecule has 0 aliphatic rings. The summed E-state index contributed by atoms with van der Waals surface area (Å²) in [6, 6.07) is 0. The summed E-state index contributed by atoms with van der Waals surface area (Å²) in [4.78, 5) is 2.19. The maximum atomic E-state index is 2.19. The summed E-state index contributed by atoms with van der Waals surface area (Å²) in [5.74, 6) is 0. The highest BCUT2D eigenvalue weighted by Crippen LogP contribution is 2.10. The van der Waals surface area contributed by atoms with E-state index in [9.17, 15) is 0 Å². The van der Waals surface area contributed by atoms with Crippen LogP contribution >= 0.6 is 0 Å². The maximum absolute atomic E-state index is 2.19. The predicted molar refractivity (Wildman–Crippen MR) is 37.5 cm³/mol. The van der Waals surface area contributed by atoms with E-state index >= 15 is 0 Å². The van der Waals surface area contributed by atoms with E-state index in [1.807, 2.05) is 6.92 Å². The molecule has 0 aliphatic carbocycles. The van der Waals surface area contributed by atoms with Crippen LogP contribution in [0.25, 0.3) is 0 Å². The maximum Gasteiger partial charge on any atom is 0.0222 e. The van der Waals surface area contributed by atoms with Crippen LogP contribution in [0, 0.1) is 6.54 Å². The lowest BCUT2D eigenvalue weighted by Crippen LogP contribution is -2.35. The summed E-state index contributed by atoms with van der Waals surface area (Å²) in [6.07, 6.45) is 0. The van der Waals surface area contributed by atoms with Crippen molar-refractivity contribution in [3.05, 3.63) is 6.54 Å². The van der Waals surface area contributed by atoms with Crippen molar-refractivity contribution in [2.45, 2.75) is 33.2 Å². The SMILES string of the molecule is C[CH]N(C)C(C)(C)C. The van der Waals surface area contributed by atoms with Crippen molar-refractivity contribution in [1.29, 1.82) is 0 Å². The Kier molecular flexibility index (Phi) is 2.48. The second-order valence-electron chi connectivity index (χ2n) is 3.04. The average molecular weight is 114 g/mol. The molecule has 0 bridgehead atoms. The largest absolute Gasteiger partial charge is 0.297 e. The summed E-state index contributed by atoms with van der Waals surface area (Å²) < 4.78 is 0. The Bertz CT molecular complexity index is 61.3. The topological polar surface area (TPSA) is 3.24 Å². The van der Waals surface area contributed by atoms with Gasteiger partial charge in [-0.25, -0.2) is 0 Å². The second kappa shape index (κ2) is 2.49. The van der Waals surface area contributed by atoms with Crippen LogP contribution < -0.4 is 0 Å². The molecule has 8 heavy (non-hydrogen) atoms. The van der Waals surface area contributed by atoms with Gasteiger partial charge in [-0.1, -0.05) is 0 Å². The molecule has 0 amide bonds. The molecule has 0 saturated carbocycles. The van der Waals surface area contributed by atoms with E-state index in [1.54, 1.807) is 0 Å². The lowest BCUT2D eigenvalue weighted by atomic mass is 10.1. The molecule has 0 aromatic rings. The highest BCUT2D eigenvalue weighted by Gasteiger charge is 2.13. The molecular weight excluding hydrogens is 98.1 g/mol. The molecule has 0 aliphatic heterocycles. The Labute approximate surface area is 52.7 Å².